The van der Waals surface area contributed by atoms with Gasteiger partial charge >= 0.3 is 0 Å². The van der Waals surface area contributed by atoms with Crippen molar-refractivity contribution in [3.05, 3.63) is 78.8 Å². The number of unbranched alkanes of at least 4 members (excludes halogenated alkanes) is 1. The fraction of sp³-hybridized carbons (Fsp3) is 0.138. The van der Waals surface area contributed by atoms with Gasteiger partial charge in [0.1, 0.15) is 17.2 Å². The molecule has 194 valence electrons. The number of nitrogens with one attached hydrogen (secondary N) is 3. The fourth-order valence-corrected chi connectivity index (χ4v) is 4.55. The number of pyridine rings is 2. The normalized spacial score (nSPS) is 11.4. The minimum atomic E-state index is -0.591. The van der Waals surface area contributed by atoms with Crippen molar-refractivity contribution in [3.63, 3.8) is 0 Å². The molecule has 0 aliphatic heterocycles. The first-order valence-electron chi connectivity index (χ1n) is 12.5. The van der Waals surface area contributed by atoms with E-state index in [2.05, 4.69) is 30.5 Å². The molecule has 0 atom stereocenters. The molecule has 39 heavy (non-hydrogen) atoms. The third-order valence-corrected chi connectivity index (χ3v) is 6.49. The van der Waals surface area contributed by atoms with Crippen molar-refractivity contribution < 1.29 is 13.6 Å². The van der Waals surface area contributed by atoms with E-state index >= 15 is 4.39 Å². The van der Waals surface area contributed by atoms with Crippen LogP contribution in [-0.2, 0) is 4.79 Å². The van der Waals surface area contributed by atoms with Crippen LogP contribution >= 0.6 is 0 Å². The molecular formula is C29H23F2N7O. The van der Waals surface area contributed by atoms with Crippen molar-refractivity contribution in [3.8, 4) is 33.9 Å². The molecule has 0 radical (unpaired) electrons. The van der Waals surface area contributed by atoms with Crippen molar-refractivity contribution in [2.75, 3.05) is 5.32 Å². The largest absolute Gasteiger partial charge is 0.337 e. The summed E-state index contributed by atoms with van der Waals surface area (Å²) in [6.07, 6.45) is 6.60. The lowest BCUT2D eigenvalue weighted by atomic mass is 10.0. The number of carbonyl (C=O) groups excluding carboxylic acids is 1. The zero-order valence-corrected chi connectivity index (χ0v) is 20.9. The average Bonchev–Trinajstić information content (AvgIpc) is 3.57. The highest BCUT2D eigenvalue weighted by molar-refractivity contribution is 5.98. The maximum atomic E-state index is 16.0. The van der Waals surface area contributed by atoms with Crippen molar-refractivity contribution in [2.45, 2.75) is 26.2 Å². The zero-order valence-electron chi connectivity index (χ0n) is 20.9. The van der Waals surface area contributed by atoms with E-state index in [1.54, 1.807) is 18.2 Å². The molecular weight excluding hydrogens is 500 g/mol. The number of amides is 1. The third kappa shape index (κ3) is 4.61. The number of hydrogen-bond donors (Lipinski definition) is 3. The Bertz CT molecular complexity index is 1830. The topological polar surface area (TPSA) is 112 Å². The Morgan fingerprint density at radius 3 is 2.64 bits per heavy atom. The predicted molar refractivity (Wildman–Crippen MR) is 146 cm³/mol. The number of aromatic amines is 2. The van der Waals surface area contributed by atoms with Crippen LogP contribution < -0.4 is 5.32 Å². The van der Waals surface area contributed by atoms with E-state index in [9.17, 15) is 9.18 Å². The third-order valence-electron chi connectivity index (χ3n) is 6.49. The number of rotatable bonds is 7. The maximum absolute atomic E-state index is 16.0. The van der Waals surface area contributed by atoms with Crippen LogP contribution in [0.5, 0.6) is 0 Å². The minimum Gasteiger partial charge on any atom is -0.337 e. The first kappa shape index (κ1) is 24.4. The van der Waals surface area contributed by atoms with E-state index in [0.717, 1.165) is 29.5 Å². The van der Waals surface area contributed by atoms with Crippen LogP contribution in [0.4, 0.5) is 14.5 Å². The second kappa shape index (κ2) is 10.1. The number of aromatic nitrogens is 6. The number of carbonyl (C=O) groups is 1. The number of benzene rings is 2. The van der Waals surface area contributed by atoms with Gasteiger partial charge in [0.2, 0.25) is 5.91 Å². The zero-order chi connectivity index (χ0) is 26.9. The Morgan fingerprint density at radius 1 is 0.974 bits per heavy atom. The van der Waals surface area contributed by atoms with Crippen molar-refractivity contribution in [2.24, 2.45) is 0 Å². The minimum absolute atomic E-state index is 0.0745. The first-order chi connectivity index (χ1) is 19.0. The number of H-pyrrole nitrogens is 2. The van der Waals surface area contributed by atoms with Crippen LogP contribution in [0.25, 0.3) is 55.8 Å². The quantitative estimate of drug-likeness (QED) is 0.217. The molecule has 3 N–H and O–H groups in total. The van der Waals surface area contributed by atoms with E-state index in [0.29, 0.717) is 40.2 Å². The Kier molecular flexibility index (Phi) is 6.28. The number of halogens is 2. The predicted octanol–water partition coefficient (Wildman–Crippen LogP) is 6.64. The van der Waals surface area contributed by atoms with Crippen LogP contribution in [-0.4, -0.2) is 36.0 Å². The lowest BCUT2D eigenvalue weighted by Crippen LogP contribution is -2.11. The summed E-state index contributed by atoms with van der Waals surface area (Å²) in [5.74, 6) is -0.665. The van der Waals surface area contributed by atoms with Gasteiger partial charge in [0.25, 0.3) is 0 Å². The molecule has 0 bridgehead atoms. The highest BCUT2D eigenvalue weighted by atomic mass is 19.1. The molecule has 0 saturated carbocycles. The standard InChI is InChI=1S/C29H23F2N7O/c1-2-3-7-23(39)34-19-12-17(13-32-14-19)26-25(31)24-22(15-33-26)37-38-28(24)29-35-21-6-4-5-20(27(21)36-29)16-8-10-18(30)11-9-16/h4-6,8-15H,2-3,7H2,1H3,(H,34,39)(H,35,36)(H,37,38). The molecule has 0 spiro atoms. The molecule has 1 amide bonds. The molecule has 10 heteroatoms. The van der Waals surface area contributed by atoms with Crippen LogP contribution in [0.15, 0.2) is 67.1 Å². The molecule has 0 aliphatic carbocycles. The van der Waals surface area contributed by atoms with Gasteiger partial charge in [-0.1, -0.05) is 37.6 Å². The molecule has 0 fully saturated rings. The molecule has 8 nitrogen and oxygen atoms in total. The smallest absolute Gasteiger partial charge is 0.224 e. The molecule has 0 saturated heterocycles. The Hall–Kier alpha value is -4.99. The average molecular weight is 524 g/mol. The van der Waals surface area contributed by atoms with Crippen LogP contribution in [0.1, 0.15) is 26.2 Å². The highest BCUT2D eigenvalue weighted by Gasteiger charge is 2.21. The van der Waals surface area contributed by atoms with Crippen LogP contribution in [0.2, 0.25) is 0 Å². The number of para-hydroxylation sites is 1. The summed E-state index contributed by atoms with van der Waals surface area (Å²) in [4.78, 5) is 28.6. The van der Waals surface area contributed by atoms with Gasteiger partial charge in [-0.25, -0.2) is 13.8 Å². The first-order valence-corrected chi connectivity index (χ1v) is 12.5. The summed E-state index contributed by atoms with van der Waals surface area (Å²) in [6.45, 7) is 2.01. The van der Waals surface area contributed by atoms with Gasteiger partial charge in [-0.05, 0) is 36.2 Å². The molecule has 4 aromatic heterocycles. The van der Waals surface area contributed by atoms with Gasteiger partial charge < -0.3 is 10.3 Å². The highest BCUT2D eigenvalue weighted by Crippen LogP contribution is 2.34. The van der Waals surface area contributed by atoms with Crippen molar-refractivity contribution >= 4 is 33.5 Å². The summed E-state index contributed by atoms with van der Waals surface area (Å²) in [7, 11) is 0. The second-order valence-corrected chi connectivity index (χ2v) is 9.19. The van der Waals surface area contributed by atoms with Gasteiger partial charge in [-0.2, -0.15) is 5.10 Å². The summed E-state index contributed by atoms with van der Waals surface area (Å²) in [6, 6.07) is 13.4. The summed E-state index contributed by atoms with van der Waals surface area (Å²) >= 11 is 0. The van der Waals surface area contributed by atoms with Crippen LogP contribution in [0.3, 0.4) is 0 Å². The van der Waals surface area contributed by atoms with E-state index in [1.165, 1.54) is 30.7 Å². The lowest BCUT2D eigenvalue weighted by molar-refractivity contribution is -0.116. The maximum Gasteiger partial charge on any atom is 0.224 e. The monoisotopic (exact) mass is 523 g/mol. The van der Waals surface area contributed by atoms with Gasteiger partial charge in [0.05, 0.1) is 40.0 Å². The summed E-state index contributed by atoms with van der Waals surface area (Å²) in [5.41, 5.74) is 4.65. The second-order valence-electron chi connectivity index (χ2n) is 9.19. The number of anilines is 1. The number of hydrogen-bond acceptors (Lipinski definition) is 5. The Labute approximate surface area is 221 Å². The van der Waals surface area contributed by atoms with Crippen LogP contribution in [0, 0.1) is 11.6 Å². The summed E-state index contributed by atoms with van der Waals surface area (Å²) < 4.78 is 29.5. The number of nitrogens with zero attached hydrogens (tertiary/aromatic N) is 4. The molecule has 6 aromatic rings. The van der Waals surface area contributed by atoms with E-state index in [-0.39, 0.29) is 22.8 Å². The SMILES string of the molecule is CCCCC(=O)Nc1cncc(-c2ncc3[nH]nc(-c4nc5c(-c6ccc(F)cc6)cccc5[nH]4)c3c2F)c1. The molecule has 0 unspecified atom stereocenters. The van der Waals surface area contributed by atoms with Gasteiger partial charge in [-0.15, -0.1) is 0 Å². The lowest BCUT2D eigenvalue weighted by Gasteiger charge is -2.08. The Balaban J connectivity index is 1.41. The number of fused-ring (bicyclic) bond motifs is 2. The number of imidazole rings is 1. The Morgan fingerprint density at radius 2 is 1.82 bits per heavy atom. The molecule has 4 heterocycles. The van der Waals surface area contributed by atoms with Gasteiger partial charge in [0, 0.05) is 23.7 Å². The van der Waals surface area contributed by atoms with E-state index in [1.807, 2.05) is 25.1 Å². The fourth-order valence-electron chi connectivity index (χ4n) is 4.55. The molecule has 2 aromatic carbocycles. The van der Waals surface area contributed by atoms with E-state index < -0.39 is 5.82 Å². The molecule has 0 aliphatic rings. The van der Waals surface area contributed by atoms with Crippen molar-refractivity contribution in [1.29, 1.82) is 0 Å². The summed E-state index contributed by atoms with van der Waals surface area (Å²) in [5, 5.41) is 10.2. The molecule has 6 rings (SSSR count). The van der Waals surface area contributed by atoms with Crippen molar-refractivity contribution in [1.82, 2.24) is 30.1 Å². The van der Waals surface area contributed by atoms with E-state index in [4.69, 9.17) is 4.98 Å². The van der Waals surface area contributed by atoms with Gasteiger partial charge in [-0.3, -0.25) is 19.9 Å². The van der Waals surface area contributed by atoms with Gasteiger partial charge in [0.15, 0.2) is 11.6 Å².